The SMILES string of the molecule is CCC(C)[C@@H](O)[C@@H](N)c1ccc(I)cc1.Cl. The van der Waals surface area contributed by atoms with E-state index in [1.54, 1.807) is 0 Å². The van der Waals surface area contributed by atoms with Crippen LogP contribution >= 0.6 is 35.0 Å². The molecule has 0 radical (unpaired) electrons. The number of hydrogen-bond acceptors (Lipinski definition) is 2. The topological polar surface area (TPSA) is 46.2 Å². The molecule has 3 N–H and O–H groups in total. The monoisotopic (exact) mass is 355 g/mol. The number of hydrogen-bond donors (Lipinski definition) is 2. The van der Waals surface area contributed by atoms with Gasteiger partial charge in [-0.15, -0.1) is 12.4 Å². The van der Waals surface area contributed by atoms with E-state index >= 15 is 0 Å². The Bertz CT molecular complexity index is 304. The van der Waals surface area contributed by atoms with Crippen LogP contribution in [-0.2, 0) is 0 Å². The maximum atomic E-state index is 9.98. The van der Waals surface area contributed by atoms with Gasteiger partial charge in [0.2, 0.25) is 0 Å². The number of nitrogens with two attached hydrogens (primary N) is 1. The van der Waals surface area contributed by atoms with Crippen LogP contribution in [0.3, 0.4) is 0 Å². The van der Waals surface area contributed by atoms with Gasteiger partial charge in [0, 0.05) is 3.57 Å². The van der Waals surface area contributed by atoms with Crippen LogP contribution < -0.4 is 5.73 Å². The summed E-state index contributed by atoms with van der Waals surface area (Å²) < 4.78 is 1.18. The van der Waals surface area contributed by atoms with Gasteiger partial charge < -0.3 is 10.8 Å². The van der Waals surface area contributed by atoms with E-state index in [1.165, 1.54) is 3.57 Å². The minimum absolute atomic E-state index is 0. The number of aliphatic hydroxyl groups is 1. The highest BCUT2D eigenvalue weighted by atomic mass is 127. The van der Waals surface area contributed by atoms with E-state index in [-0.39, 0.29) is 24.4 Å². The number of aliphatic hydroxyl groups excluding tert-OH is 1. The Balaban J connectivity index is 0.00000225. The fraction of sp³-hybridized carbons (Fsp3) is 0.500. The average molecular weight is 356 g/mol. The number of halogens is 2. The predicted octanol–water partition coefficient (Wildman–Crippen LogP) is 3.12. The molecule has 1 rings (SSSR count). The summed E-state index contributed by atoms with van der Waals surface area (Å²) in [5.41, 5.74) is 7.02. The maximum absolute atomic E-state index is 9.98. The van der Waals surface area contributed by atoms with Crippen molar-refractivity contribution in [1.82, 2.24) is 0 Å². The van der Waals surface area contributed by atoms with Crippen molar-refractivity contribution < 1.29 is 5.11 Å². The highest BCUT2D eigenvalue weighted by Crippen LogP contribution is 2.22. The zero-order valence-corrected chi connectivity index (χ0v) is 12.5. The summed E-state index contributed by atoms with van der Waals surface area (Å²) in [5, 5.41) is 9.98. The van der Waals surface area contributed by atoms with E-state index in [4.69, 9.17) is 5.73 Å². The molecule has 0 spiro atoms. The van der Waals surface area contributed by atoms with Crippen LogP contribution in [-0.4, -0.2) is 11.2 Å². The molecular weight excluding hydrogens is 336 g/mol. The second-order valence-electron chi connectivity index (χ2n) is 3.95. The van der Waals surface area contributed by atoms with Crippen LogP contribution in [0.25, 0.3) is 0 Å². The molecule has 0 fully saturated rings. The van der Waals surface area contributed by atoms with Crippen LogP contribution in [0.15, 0.2) is 24.3 Å². The Hall–Kier alpha value is 0.160. The van der Waals surface area contributed by atoms with Crippen molar-refractivity contribution in [3.63, 3.8) is 0 Å². The second kappa shape index (κ2) is 7.48. The Labute approximate surface area is 117 Å². The summed E-state index contributed by atoms with van der Waals surface area (Å²) in [7, 11) is 0. The Morgan fingerprint density at radius 3 is 2.25 bits per heavy atom. The van der Waals surface area contributed by atoms with Gasteiger partial charge in [-0.25, -0.2) is 0 Å². The molecule has 0 saturated heterocycles. The van der Waals surface area contributed by atoms with Crippen molar-refractivity contribution in [2.75, 3.05) is 0 Å². The van der Waals surface area contributed by atoms with Crippen molar-refractivity contribution in [2.24, 2.45) is 11.7 Å². The van der Waals surface area contributed by atoms with Crippen LogP contribution in [0.4, 0.5) is 0 Å². The highest BCUT2D eigenvalue weighted by molar-refractivity contribution is 14.1. The van der Waals surface area contributed by atoms with Gasteiger partial charge in [0.15, 0.2) is 0 Å². The van der Waals surface area contributed by atoms with E-state index in [0.29, 0.717) is 0 Å². The third-order valence-electron chi connectivity index (χ3n) is 2.85. The summed E-state index contributed by atoms with van der Waals surface area (Å²) >= 11 is 2.25. The summed E-state index contributed by atoms with van der Waals surface area (Å²) in [6, 6.07) is 7.71. The van der Waals surface area contributed by atoms with Crippen molar-refractivity contribution in [2.45, 2.75) is 32.4 Å². The van der Waals surface area contributed by atoms with E-state index in [2.05, 4.69) is 29.5 Å². The average Bonchev–Trinajstić information content (AvgIpc) is 2.27. The van der Waals surface area contributed by atoms with Crippen molar-refractivity contribution in [3.05, 3.63) is 33.4 Å². The lowest BCUT2D eigenvalue weighted by Crippen LogP contribution is -2.31. The smallest absolute Gasteiger partial charge is 0.0758 e. The molecule has 2 nitrogen and oxygen atoms in total. The van der Waals surface area contributed by atoms with Crippen molar-refractivity contribution in [3.8, 4) is 0 Å². The Morgan fingerprint density at radius 2 is 1.81 bits per heavy atom. The van der Waals surface area contributed by atoms with E-state index in [1.807, 2.05) is 31.2 Å². The van der Waals surface area contributed by atoms with E-state index < -0.39 is 6.10 Å². The van der Waals surface area contributed by atoms with Crippen LogP contribution in [0.1, 0.15) is 31.9 Å². The summed E-state index contributed by atoms with van der Waals surface area (Å²) in [5.74, 6) is 0.235. The molecule has 0 bridgehead atoms. The van der Waals surface area contributed by atoms with Crippen molar-refractivity contribution in [1.29, 1.82) is 0 Å². The zero-order valence-electron chi connectivity index (χ0n) is 9.56. The van der Waals surface area contributed by atoms with Crippen LogP contribution in [0.2, 0.25) is 0 Å². The van der Waals surface area contributed by atoms with Gasteiger partial charge in [-0.3, -0.25) is 0 Å². The van der Waals surface area contributed by atoms with Crippen LogP contribution in [0.5, 0.6) is 0 Å². The van der Waals surface area contributed by atoms with Gasteiger partial charge in [0.1, 0.15) is 0 Å². The quantitative estimate of drug-likeness (QED) is 0.815. The largest absolute Gasteiger partial charge is 0.391 e. The fourth-order valence-electron chi connectivity index (χ4n) is 1.48. The molecule has 0 saturated carbocycles. The molecule has 0 amide bonds. The molecule has 3 atom stereocenters. The molecule has 1 aromatic carbocycles. The lowest BCUT2D eigenvalue weighted by atomic mass is 9.92. The van der Waals surface area contributed by atoms with Gasteiger partial charge in [-0.05, 0) is 46.2 Å². The fourth-order valence-corrected chi connectivity index (χ4v) is 1.84. The van der Waals surface area contributed by atoms with E-state index in [9.17, 15) is 5.11 Å². The molecular formula is C12H19ClINO. The van der Waals surface area contributed by atoms with Gasteiger partial charge in [-0.2, -0.15) is 0 Å². The minimum Gasteiger partial charge on any atom is -0.391 e. The molecule has 0 heterocycles. The molecule has 1 aromatic rings. The van der Waals surface area contributed by atoms with Gasteiger partial charge >= 0.3 is 0 Å². The third-order valence-corrected chi connectivity index (χ3v) is 3.57. The molecule has 0 aromatic heterocycles. The number of benzene rings is 1. The lowest BCUT2D eigenvalue weighted by molar-refractivity contribution is 0.0880. The highest BCUT2D eigenvalue weighted by Gasteiger charge is 2.21. The first-order valence-corrected chi connectivity index (χ1v) is 6.33. The van der Waals surface area contributed by atoms with Crippen LogP contribution in [0, 0.1) is 9.49 Å². The molecule has 0 aliphatic carbocycles. The lowest BCUT2D eigenvalue weighted by Gasteiger charge is -2.24. The first-order chi connectivity index (χ1) is 7.06. The number of rotatable bonds is 4. The Kier molecular flexibility index (Phi) is 7.55. The van der Waals surface area contributed by atoms with Crippen molar-refractivity contribution >= 4 is 35.0 Å². The molecule has 1 unspecified atom stereocenters. The summed E-state index contributed by atoms with van der Waals surface area (Å²) in [4.78, 5) is 0. The summed E-state index contributed by atoms with van der Waals surface area (Å²) in [6.45, 7) is 4.09. The predicted molar refractivity (Wildman–Crippen MR) is 78.8 cm³/mol. The Morgan fingerprint density at radius 1 is 1.31 bits per heavy atom. The summed E-state index contributed by atoms with van der Waals surface area (Å²) in [6.07, 6.45) is 0.481. The third kappa shape index (κ3) is 4.20. The zero-order chi connectivity index (χ0) is 11.4. The molecule has 0 aliphatic heterocycles. The molecule has 4 heteroatoms. The van der Waals surface area contributed by atoms with Gasteiger partial charge in [-0.1, -0.05) is 32.4 Å². The first kappa shape index (κ1) is 16.2. The molecule has 0 aliphatic rings. The minimum atomic E-state index is -0.463. The normalized spacial score (nSPS) is 16.1. The molecule has 92 valence electrons. The standard InChI is InChI=1S/C12H18INO.ClH/c1-3-8(2)12(15)11(14)9-4-6-10(13)7-5-9;/h4-8,11-12,15H,3,14H2,1-2H3;1H/t8?,11-,12+;/m0./s1. The maximum Gasteiger partial charge on any atom is 0.0758 e. The van der Waals surface area contributed by atoms with Gasteiger partial charge in [0.05, 0.1) is 12.1 Å². The first-order valence-electron chi connectivity index (χ1n) is 5.25. The van der Waals surface area contributed by atoms with Gasteiger partial charge in [0.25, 0.3) is 0 Å². The second-order valence-corrected chi connectivity index (χ2v) is 5.20. The molecule has 16 heavy (non-hydrogen) atoms. The van der Waals surface area contributed by atoms with E-state index in [0.717, 1.165) is 12.0 Å².